The summed E-state index contributed by atoms with van der Waals surface area (Å²) in [4.78, 5) is 26.0. The van der Waals surface area contributed by atoms with Crippen LogP contribution in [0.2, 0.25) is 0 Å². The van der Waals surface area contributed by atoms with Crippen molar-refractivity contribution < 1.29 is 22.4 Å². The van der Waals surface area contributed by atoms with Gasteiger partial charge in [-0.25, -0.2) is 19.3 Å². The number of anilines is 2. The van der Waals surface area contributed by atoms with Gasteiger partial charge >= 0.3 is 6.18 Å². The minimum absolute atomic E-state index is 0.0341. The number of amides is 1. The quantitative estimate of drug-likeness (QED) is 0.598. The first-order chi connectivity index (χ1) is 15.2. The van der Waals surface area contributed by atoms with Gasteiger partial charge in [-0.2, -0.15) is 13.2 Å². The smallest absolute Gasteiger partial charge is 0.332 e. The average molecular weight is 445 g/mol. The van der Waals surface area contributed by atoms with Crippen molar-refractivity contribution in [3.05, 3.63) is 66.4 Å². The van der Waals surface area contributed by atoms with Gasteiger partial charge in [-0.15, -0.1) is 0 Å². The lowest BCUT2D eigenvalue weighted by molar-refractivity contribution is -0.146. The third-order valence-corrected chi connectivity index (χ3v) is 5.35. The van der Waals surface area contributed by atoms with Gasteiger partial charge in [0.2, 0.25) is 5.91 Å². The maximum Gasteiger partial charge on any atom is 0.408 e. The molecule has 1 amide bonds. The minimum Gasteiger partial charge on any atom is -0.332 e. The van der Waals surface area contributed by atoms with Crippen molar-refractivity contribution >= 4 is 17.4 Å². The third-order valence-electron chi connectivity index (χ3n) is 5.35. The van der Waals surface area contributed by atoms with Gasteiger partial charge in [-0.05, 0) is 49.6 Å². The van der Waals surface area contributed by atoms with Gasteiger partial charge in [0.05, 0.1) is 12.4 Å². The van der Waals surface area contributed by atoms with Gasteiger partial charge in [-0.3, -0.25) is 4.79 Å². The molecule has 3 heterocycles. The molecular weight excluding hydrogens is 426 g/mol. The lowest BCUT2D eigenvalue weighted by atomic mass is 10.1. The van der Waals surface area contributed by atoms with Crippen LogP contribution in [0.1, 0.15) is 18.4 Å². The van der Waals surface area contributed by atoms with E-state index in [0.717, 1.165) is 22.9 Å². The second-order valence-electron chi connectivity index (χ2n) is 7.49. The van der Waals surface area contributed by atoms with Crippen LogP contribution in [0.3, 0.4) is 0 Å². The van der Waals surface area contributed by atoms with Gasteiger partial charge in [0.25, 0.3) is 0 Å². The summed E-state index contributed by atoms with van der Waals surface area (Å²) in [6, 6.07) is 6.78. The highest BCUT2D eigenvalue weighted by atomic mass is 19.4. The van der Waals surface area contributed by atoms with Crippen LogP contribution < -0.4 is 10.2 Å². The van der Waals surface area contributed by atoms with Gasteiger partial charge in [-0.1, -0.05) is 12.1 Å². The monoisotopic (exact) mass is 445 g/mol. The highest BCUT2D eigenvalue weighted by Gasteiger charge is 2.51. The predicted molar refractivity (Wildman–Crippen MR) is 110 cm³/mol. The summed E-state index contributed by atoms with van der Waals surface area (Å²) in [5.74, 6) is -0.784. The number of hydrogen-bond donors (Lipinski definition) is 1. The average Bonchev–Trinajstić information content (AvgIpc) is 3.22. The first kappa shape index (κ1) is 21.7. The van der Waals surface area contributed by atoms with Crippen LogP contribution in [0.4, 0.5) is 29.1 Å². The molecule has 1 saturated heterocycles. The van der Waals surface area contributed by atoms with Crippen molar-refractivity contribution in [1.82, 2.24) is 15.0 Å². The first-order valence-electron chi connectivity index (χ1n) is 9.89. The molecule has 166 valence electrons. The zero-order valence-corrected chi connectivity index (χ0v) is 17.0. The molecule has 32 heavy (non-hydrogen) atoms. The predicted octanol–water partition coefficient (Wildman–Crippen LogP) is 4.52. The number of aromatic nitrogens is 3. The normalized spacial score (nSPS) is 18.6. The number of carbonyl (C=O) groups excluding carboxylic acids is 1. The van der Waals surface area contributed by atoms with E-state index in [1.54, 1.807) is 37.3 Å². The number of aryl methyl sites for hydroxylation is 1. The molecule has 1 aliphatic heterocycles. The molecule has 0 unspecified atom stereocenters. The van der Waals surface area contributed by atoms with Gasteiger partial charge in [0, 0.05) is 17.4 Å². The SMILES string of the molecule is Cc1ccc(NC(=O)[C@@H]2CC[C@@H](C(F)(F)F)N2c2ccccn2)cc1-c1ncc(F)cn1. The Balaban J connectivity index is 1.60. The summed E-state index contributed by atoms with van der Waals surface area (Å²) in [5.41, 5.74) is 1.74. The van der Waals surface area contributed by atoms with Gasteiger partial charge < -0.3 is 10.2 Å². The molecular formula is C22H19F4N5O. The Kier molecular flexibility index (Phi) is 5.77. The fraction of sp³-hybridized carbons (Fsp3) is 0.273. The van der Waals surface area contributed by atoms with Crippen LogP contribution in [-0.2, 0) is 4.79 Å². The summed E-state index contributed by atoms with van der Waals surface area (Å²) in [6.45, 7) is 1.81. The Labute approximate surface area is 181 Å². The Morgan fingerprint density at radius 1 is 1.09 bits per heavy atom. The molecule has 0 bridgehead atoms. The highest BCUT2D eigenvalue weighted by Crippen LogP contribution is 2.39. The summed E-state index contributed by atoms with van der Waals surface area (Å²) >= 11 is 0. The molecule has 2 atom stereocenters. The Morgan fingerprint density at radius 3 is 2.50 bits per heavy atom. The topological polar surface area (TPSA) is 71.0 Å². The van der Waals surface area contributed by atoms with E-state index in [1.807, 2.05) is 0 Å². The second-order valence-corrected chi connectivity index (χ2v) is 7.49. The van der Waals surface area contributed by atoms with Crippen LogP contribution in [0.25, 0.3) is 11.4 Å². The maximum atomic E-state index is 13.6. The Morgan fingerprint density at radius 2 is 1.84 bits per heavy atom. The number of carbonyl (C=O) groups is 1. The molecule has 0 saturated carbocycles. The van der Waals surface area contributed by atoms with Crippen molar-refractivity contribution in [2.45, 2.75) is 38.0 Å². The van der Waals surface area contributed by atoms with Crippen molar-refractivity contribution in [1.29, 1.82) is 0 Å². The number of hydrogen-bond acceptors (Lipinski definition) is 5. The van der Waals surface area contributed by atoms with E-state index in [-0.39, 0.29) is 24.5 Å². The molecule has 1 aromatic carbocycles. The summed E-state index contributed by atoms with van der Waals surface area (Å²) < 4.78 is 54.0. The largest absolute Gasteiger partial charge is 0.408 e. The Hall–Kier alpha value is -3.56. The van der Waals surface area contributed by atoms with E-state index in [4.69, 9.17) is 0 Å². The highest BCUT2D eigenvalue weighted by molar-refractivity contribution is 5.97. The number of halogens is 4. The number of pyridine rings is 1. The summed E-state index contributed by atoms with van der Waals surface area (Å²) in [5, 5.41) is 2.70. The molecule has 0 radical (unpaired) electrons. The molecule has 1 aliphatic rings. The number of benzene rings is 1. The first-order valence-corrected chi connectivity index (χ1v) is 9.89. The zero-order valence-electron chi connectivity index (χ0n) is 17.0. The second kappa shape index (κ2) is 8.52. The molecule has 1 N–H and O–H groups in total. The molecule has 0 aliphatic carbocycles. The van der Waals surface area contributed by atoms with Gasteiger partial charge in [0.15, 0.2) is 11.6 Å². The standard InChI is InChI=1S/C22H19F4N5O/c1-13-5-6-15(10-16(13)20-28-11-14(23)12-29-20)30-21(32)17-7-8-18(22(24,25)26)31(17)19-4-2-3-9-27-19/h2-6,9-12,17-18H,7-8H2,1H3,(H,30,32)/t17-,18-/m0/s1. The number of nitrogens with zero attached hydrogens (tertiary/aromatic N) is 4. The van der Waals surface area contributed by atoms with Crippen LogP contribution in [0, 0.1) is 12.7 Å². The zero-order chi connectivity index (χ0) is 22.9. The fourth-order valence-corrected chi connectivity index (χ4v) is 3.83. The van der Waals surface area contributed by atoms with E-state index >= 15 is 0 Å². The molecule has 0 spiro atoms. The van der Waals surface area contributed by atoms with Crippen LogP contribution in [0.5, 0.6) is 0 Å². The molecule has 4 rings (SSSR count). The van der Waals surface area contributed by atoms with E-state index in [9.17, 15) is 22.4 Å². The fourth-order valence-electron chi connectivity index (χ4n) is 3.83. The Bertz CT molecular complexity index is 1110. The van der Waals surface area contributed by atoms with Crippen molar-refractivity contribution in [2.24, 2.45) is 0 Å². The molecule has 3 aromatic rings. The van der Waals surface area contributed by atoms with Crippen molar-refractivity contribution in [3.8, 4) is 11.4 Å². The van der Waals surface area contributed by atoms with Crippen molar-refractivity contribution in [2.75, 3.05) is 10.2 Å². The third kappa shape index (κ3) is 4.39. The number of rotatable bonds is 4. The van der Waals surface area contributed by atoms with Crippen molar-refractivity contribution in [3.63, 3.8) is 0 Å². The number of alkyl halides is 3. The lowest BCUT2D eigenvalue weighted by Crippen LogP contribution is -2.49. The number of nitrogens with one attached hydrogen (secondary N) is 1. The van der Waals surface area contributed by atoms with E-state index < -0.39 is 30.0 Å². The van der Waals surface area contributed by atoms with Crippen LogP contribution >= 0.6 is 0 Å². The van der Waals surface area contributed by atoms with Gasteiger partial charge in [0.1, 0.15) is 17.9 Å². The minimum atomic E-state index is -4.50. The molecule has 1 fully saturated rings. The maximum absolute atomic E-state index is 13.6. The van der Waals surface area contributed by atoms with E-state index in [1.165, 1.54) is 12.3 Å². The van der Waals surface area contributed by atoms with Crippen LogP contribution in [-0.4, -0.2) is 39.1 Å². The molecule has 10 heteroatoms. The molecule has 6 nitrogen and oxygen atoms in total. The van der Waals surface area contributed by atoms with E-state index in [2.05, 4.69) is 20.3 Å². The van der Waals surface area contributed by atoms with E-state index in [0.29, 0.717) is 11.3 Å². The summed E-state index contributed by atoms with van der Waals surface area (Å²) in [6.07, 6.45) is -1.21. The lowest BCUT2D eigenvalue weighted by Gasteiger charge is -2.31. The van der Waals surface area contributed by atoms with Crippen LogP contribution in [0.15, 0.2) is 55.0 Å². The molecule has 2 aromatic heterocycles. The summed E-state index contributed by atoms with van der Waals surface area (Å²) in [7, 11) is 0.